The minimum absolute atomic E-state index is 0.0192. The van der Waals surface area contributed by atoms with Gasteiger partial charge >= 0.3 is 18.1 Å². The fraction of sp³-hybridized carbons (Fsp3) is 0.385. The molecule has 0 aromatic heterocycles. The maximum atomic E-state index is 12.3. The monoisotopic (exact) mass is 301 g/mol. The molecule has 0 spiro atoms. The van der Waals surface area contributed by atoms with E-state index in [1.165, 1.54) is 0 Å². The molecule has 1 aliphatic heterocycles. The van der Waals surface area contributed by atoms with Crippen molar-refractivity contribution in [3.63, 3.8) is 0 Å². The van der Waals surface area contributed by atoms with Gasteiger partial charge in [-0.3, -0.25) is 4.79 Å². The molecule has 1 atom stereocenters. The standard InChI is InChI=1S/C13H14F3N3O2/c14-13(15,16)11(20)19-7-6-10(8-19)18-12(21)17-9-4-2-1-3-5-9/h1-5,10H,6-8H2,(H2,17,18,21). The number of likely N-dealkylation sites (tertiary alicyclic amines) is 1. The van der Waals surface area contributed by atoms with Crippen molar-refractivity contribution in [1.29, 1.82) is 0 Å². The maximum absolute atomic E-state index is 12.3. The number of nitrogens with one attached hydrogen (secondary N) is 2. The number of anilines is 1. The van der Waals surface area contributed by atoms with Crippen molar-refractivity contribution in [1.82, 2.24) is 10.2 Å². The predicted octanol–water partition coefficient (Wildman–Crippen LogP) is 1.97. The highest BCUT2D eigenvalue weighted by Crippen LogP contribution is 2.21. The zero-order chi connectivity index (χ0) is 15.5. The summed E-state index contributed by atoms with van der Waals surface area (Å²) in [6, 6.07) is 7.67. The molecule has 1 unspecified atom stereocenters. The van der Waals surface area contributed by atoms with Gasteiger partial charge in [-0.05, 0) is 18.6 Å². The summed E-state index contributed by atoms with van der Waals surface area (Å²) < 4.78 is 36.9. The molecule has 114 valence electrons. The summed E-state index contributed by atoms with van der Waals surface area (Å²) in [7, 11) is 0. The molecule has 8 heteroatoms. The Labute approximate surface area is 119 Å². The summed E-state index contributed by atoms with van der Waals surface area (Å²) in [5, 5.41) is 5.12. The lowest BCUT2D eigenvalue weighted by molar-refractivity contribution is -0.184. The van der Waals surface area contributed by atoms with Gasteiger partial charge in [-0.25, -0.2) is 4.79 Å². The van der Waals surface area contributed by atoms with E-state index in [0.717, 1.165) is 0 Å². The van der Waals surface area contributed by atoms with Crippen LogP contribution >= 0.6 is 0 Å². The molecule has 0 bridgehead atoms. The van der Waals surface area contributed by atoms with Crippen LogP contribution in [0.3, 0.4) is 0 Å². The van der Waals surface area contributed by atoms with Crippen LogP contribution in [0.25, 0.3) is 0 Å². The van der Waals surface area contributed by atoms with Gasteiger partial charge in [-0.15, -0.1) is 0 Å². The quantitative estimate of drug-likeness (QED) is 0.877. The highest BCUT2D eigenvalue weighted by Gasteiger charge is 2.44. The lowest BCUT2D eigenvalue weighted by Gasteiger charge is -2.18. The first-order valence-corrected chi connectivity index (χ1v) is 6.35. The highest BCUT2D eigenvalue weighted by atomic mass is 19.4. The SMILES string of the molecule is O=C(Nc1ccccc1)NC1CCN(C(=O)C(F)(F)F)C1. The molecule has 3 amide bonds. The Morgan fingerprint density at radius 1 is 1.19 bits per heavy atom. The number of alkyl halides is 3. The second-order valence-electron chi connectivity index (χ2n) is 4.70. The van der Waals surface area contributed by atoms with Gasteiger partial charge in [0.2, 0.25) is 0 Å². The second-order valence-corrected chi connectivity index (χ2v) is 4.70. The lowest BCUT2D eigenvalue weighted by atomic mass is 10.3. The molecule has 1 heterocycles. The smallest absolute Gasteiger partial charge is 0.333 e. The predicted molar refractivity (Wildman–Crippen MR) is 69.6 cm³/mol. The van der Waals surface area contributed by atoms with Crippen LogP contribution in [0.4, 0.5) is 23.7 Å². The van der Waals surface area contributed by atoms with Crippen molar-refractivity contribution in [3.05, 3.63) is 30.3 Å². The van der Waals surface area contributed by atoms with Gasteiger partial charge in [0, 0.05) is 24.8 Å². The minimum atomic E-state index is -4.87. The highest BCUT2D eigenvalue weighted by molar-refractivity contribution is 5.89. The van der Waals surface area contributed by atoms with Gasteiger partial charge in [0.1, 0.15) is 0 Å². The molecule has 2 rings (SSSR count). The fourth-order valence-corrected chi connectivity index (χ4v) is 2.12. The molecular weight excluding hydrogens is 287 g/mol. The number of benzene rings is 1. The Kier molecular flexibility index (Phi) is 4.35. The fourth-order valence-electron chi connectivity index (χ4n) is 2.12. The molecular formula is C13H14F3N3O2. The van der Waals surface area contributed by atoms with E-state index in [0.29, 0.717) is 17.0 Å². The zero-order valence-corrected chi connectivity index (χ0v) is 11.0. The van der Waals surface area contributed by atoms with E-state index < -0.39 is 24.2 Å². The van der Waals surface area contributed by atoms with Crippen LogP contribution in [0.15, 0.2) is 30.3 Å². The molecule has 1 aromatic rings. The van der Waals surface area contributed by atoms with E-state index in [4.69, 9.17) is 0 Å². The van der Waals surface area contributed by atoms with Gasteiger partial charge < -0.3 is 15.5 Å². The third kappa shape index (κ3) is 4.11. The van der Waals surface area contributed by atoms with Crippen LogP contribution in [-0.2, 0) is 4.79 Å². The average molecular weight is 301 g/mol. The number of amides is 3. The normalized spacial score (nSPS) is 18.4. The molecule has 0 aliphatic carbocycles. The number of halogens is 3. The van der Waals surface area contributed by atoms with Crippen LogP contribution in [-0.4, -0.2) is 42.1 Å². The van der Waals surface area contributed by atoms with Crippen molar-refractivity contribution >= 4 is 17.6 Å². The molecule has 2 N–H and O–H groups in total. The van der Waals surface area contributed by atoms with E-state index in [2.05, 4.69) is 10.6 Å². The summed E-state index contributed by atoms with van der Waals surface area (Å²) in [5.41, 5.74) is 0.580. The van der Waals surface area contributed by atoms with Crippen molar-refractivity contribution in [2.24, 2.45) is 0 Å². The topological polar surface area (TPSA) is 61.4 Å². The molecule has 5 nitrogen and oxygen atoms in total. The van der Waals surface area contributed by atoms with Crippen LogP contribution in [0, 0.1) is 0 Å². The Morgan fingerprint density at radius 2 is 1.86 bits per heavy atom. The molecule has 21 heavy (non-hydrogen) atoms. The number of nitrogens with zero attached hydrogens (tertiary/aromatic N) is 1. The van der Waals surface area contributed by atoms with Crippen molar-refractivity contribution < 1.29 is 22.8 Å². The molecule has 0 radical (unpaired) electrons. The van der Waals surface area contributed by atoms with E-state index in [1.54, 1.807) is 30.3 Å². The molecule has 1 saturated heterocycles. The second kappa shape index (κ2) is 6.02. The maximum Gasteiger partial charge on any atom is 0.471 e. The average Bonchev–Trinajstić information content (AvgIpc) is 2.86. The van der Waals surface area contributed by atoms with E-state index in [1.807, 2.05) is 0 Å². The van der Waals surface area contributed by atoms with Gasteiger partial charge in [0.15, 0.2) is 0 Å². The van der Waals surface area contributed by atoms with Crippen molar-refractivity contribution in [2.45, 2.75) is 18.6 Å². The Hall–Kier alpha value is -2.25. The number of carbonyl (C=O) groups is 2. The van der Waals surface area contributed by atoms with Crippen LogP contribution in [0.2, 0.25) is 0 Å². The summed E-state index contributed by atoms with van der Waals surface area (Å²) in [4.78, 5) is 23.5. The number of hydrogen-bond acceptors (Lipinski definition) is 2. The van der Waals surface area contributed by atoms with Crippen molar-refractivity contribution in [3.8, 4) is 0 Å². The Bertz CT molecular complexity index is 519. The molecule has 1 aromatic carbocycles. The number of urea groups is 1. The van der Waals surface area contributed by atoms with Gasteiger partial charge in [-0.2, -0.15) is 13.2 Å². The van der Waals surface area contributed by atoms with Gasteiger partial charge in [-0.1, -0.05) is 18.2 Å². The number of hydrogen-bond donors (Lipinski definition) is 2. The summed E-state index contributed by atoms with van der Waals surface area (Å²) >= 11 is 0. The third-order valence-corrected chi connectivity index (χ3v) is 3.08. The summed E-state index contributed by atoms with van der Waals surface area (Å²) in [6.45, 7) is -0.158. The van der Waals surface area contributed by atoms with Gasteiger partial charge in [0.25, 0.3) is 0 Å². The zero-order valence-electron chi connectivity index (χ0n) is 11.0. The summed E-state index contributed by atoms with van der Waals surface area (Å²) in [5.74, 6) is -1.87. The molecule has 1 aliphatic rings. The van der Waals surface area contributed by atoms with E-state index >= 15 is 0 Å². The van der Waals surface area contributed by atoms with Crippen LogP contribution in [0.5, 0.6) is 0 Å². The lowest BCUT2D eigenvalue weighted by Crippen LogP contribution is -2.43. The number of para-hydroxylation sites is 1. The first-order chi connectivity index (χ1) is 9.86. The summed E-state index contributed by atoms with van der Waals surface area (Å²) in [6.07, 6.45) is -4.58. The first kappa shape index (κ1) is 15.1. The van der Waals surface area contributed by atoms with E-state index in [-0.39, 0.29) is 13.1 Å². The van der Waals surface area contributed by atoms with Crippen molar-refractivity contribution in [2.75, 3.05) is 18.4 Å². The molecule has 0 saturated carbocycles. The Morgan fingerprint density at radius 3 is 2.48 bits per heavy atom. The van der Waals surface area contributed by atoms with Crippen LogP contribution in [0.1, 0.15) is 6.42 Å². The minimum Gasteiger partial charge on any atom is -0.333 e. The number of rotatable bonds is 2. The van der Waals surface area contributed by atoms with E-state index in [9.17, 15) is 22.8 Å². The number of carbonyl (C=O) groups excluding carboxylic acids is 2. The van der Waals surface area contributed by atoms with Gasteiger partial charge in [0.05, 0.1) is 0 Å². The third-order valence-electron chi connectivity index (χ3n) is 3.08. The molecule has 1 fully saturated rings. The Balaban J connectivity index is 1.83. The largest absolute Gasteiger partial charge is 0.471 e. The first-order valence-electron chi connectivity index (χ1n) is 6.35. The van der Waals surface area contributed by atoms with Crippen LogP contribution < -0.4 is 10.6 Å².